The highest BCUT2D eigenvalue weighted by Gasteiger charge is 2.32. The maximum atomic E-state index is 13.3. The summed E-state index contributed by atoms with van der Waals surface area (Å²) in [5.41, 5.74) is 3.99. The van der Waals surface area contributed by atoms with Crippen LogP contribution < -0.4 is 11.1 Å². The Balaban J connectivity index is 3.15. The van der Waals surface area contributed by atoms with Crippen LogP contribution in [0.5, 0.6) is 0 Å². The summed E-state index contributed by atoms with van der Waals surface area (Å²) in [6.45, 7) is 2.13. The van der Waals surface area contributed by atoms with Crippen LogP contribution in [0, 0.1) is 5.82 Å². The van der Waals surface area contributed by atoms with Crippen LogP contribution >= 0.6 is 0 Å². The molecule has 3 N–H and O–H groups in total. The predicted molar refractivity (Wildman–Crippen MR) is 61.6 cm³/mol. The molecule has 0 aliphatic carbocycles. The molecule has 0 saturated heterocycles. The summed E-state index contributed by atoms with van der Waals surface area (Å²) in [6.07, 6.45) is -4.84. The van der Waals surface area contributed by atoms with Gasteiger partial charge in [0.1, 0.15) is 5.82 Å². The molecule has 0 spiro atoms. The molecule has 1 rings (SSSR count). The van der Waals surface area contributed by atoms with Gasteiger partial charge < -0.3 is 11.1 Å². The molecule has 1 amide bonds. The Hall–Kier alpha value is -1.63. The molecule has 1 aromatic carbocycles. The van der Waals surface area contributed by atoms with Crippen LogP contribution in [0.2, 0.25) is 0 Å². The number of halogens is 4. The Labute approximate surface area is 107 Å². The van der Waals surface area contributed by atoms with Gasteiger partial charge in [0.15, 0.2) is 0 Å². The number of hydrogen-bond acceptors (Lipinski definition) is 2. The second-order valence-corrected chi connectivity index (χ2v) is 4.05. The zero-order valence-electron chi connectivity index (χ0n) is 10.2. The van der Waals surface area contributed by atoms with Crippen molar-refractivity contribution in [3.8, 4) is 0 Å². The highest BCUT2D eigenvalue weighted by Crippen LogP contribution is 2.32. The lowest BCUT2D eigenvalue weighted by Crippen LogP contribution is -2.27. The van der Waals surface area contributed by atoms with E-state index in [0.29, 0.717) is 12.6 Å². The van der Waals surface area contributed by atoms with Gasteiger partial charge in [0.05, 0.1) is 5.56 Å². The Morgan fingerprint density at radius 2 is 2.00 bits per heavy atom. The lowest BCUT2D eigenvalue weighted by atomic mass is 10.0. The van der Waals surface area contributed by atoms with Crippen molar-refractivity contribution in [3.63, 3.8) is 0 Å². The van der Waals surface area contributed by atoms with Crippen molar-refractivity contribution in [2.75, 3.05) is 6.54 Å². The summed E-state index contributed by atoms with van der Waals surface area (Å²) >= 11 is 0. The molecule has 0 bridgehead atoms. The molecule has 3 nitrogen and oxygen atoms in total. The molecule has 1 aromatic rings. The fourth-order valence-corrected chi connectivity index (χ4v) is 1.73. The van der Waals surface area contributed by atoms with Crippen LogP contribution in [0.3, 0.4) is 0 Å². The molecule has 0 fully saturated rings. The van der Waals surface area contributed by atoms with Gasteiger partial charge in [0.2, 0.25) is 5.91 Å². The largest absolute Gasteiger partial charge is 0.416 e. The summed E-state index contributed by atoms with van der Waals surface area (Å²) in [6, 6.07) is 1.46. The van der Waals surface area contributed by atoms with E-state index in [1.807, 2.05) is 0 Å². The summed E-state index contributed by atoms with van der Waals surface area (Å²) in [5, 5.41) is 2.80. The average molecular weight is 278 g/mol. The lowest BCUT2D eigenvalue weighted by Gasteiger charge is -2.18. The number of carbonyl (C=O) groups is 1. The fraction of sp³-hybridized carbons (Fsp3) is 0.417. The Morgan fingerprint density at radius 1 is 1.37 bits per heavy atom. The molecule has 0 aliphatic rings. The van der Waals surface area contributed by atoms with Crippen molar-refractivity contribution in [2.45, 2.75) is 25.6 Å². The number of amides is 1. The van der Waals surface area contributed by atoms with Gasteiger partial charge in [-0.2, -0.15) is 13.2 Å². The number of alkyl halides is 3. The van der Waals surface area contributed by atoms with Gasteiger partial charge in [-0.25, -0.2) is 4.39 Å². The Kier molecular flexibility index (Phi) is 4.88. The van der Waals surface area contributed by atoms with E-state index in [4.69, 9.17) is 5.73 Å². The lowest BCUT2D eigenvalue weighted by molar-refractivity contribution is -0.137. The minimum atomic E-state index is -4.64. The van der Waals surface area contributed by atoms with Gasteiger partial charge in [0, 0.05) is 12.5 Å². The zero-order chi connectivity index (χ0) is 14.6. The molecule has 1 unspecified atom stereocenters. The van der Waals surface area contributed by atoms with E-state index in [0.717, 1.165) is 12.1 Å². The van der Waals surface area contributed by atoms with Gasteiger partial charge in [-0.3, -0.25) is 4.79 Å². The van der Waals surface area contributed by atoms with Crippen molar-refractivity contribution < 1.29 is 22.4 Å². The third kappa shape index (κ3) is 4.51. The SMILES string of the molecule is CCNC(CC(N)=O)c1cc(F)cc(C(F)(F)F)c1. The van der Waals surface area contributed by atoms with Gasteiger partial charge in [-0.15, -0.1) is 0 Å². The summed E-state index contributed by atoms with van der Waals surface area (Å²) in [4.78, 5) is 10.9. The van der Waals surface area contributed by atoms with Gasteiger partial charge >= 0.3 is 6.18 Å². The Morgan fingerprint density at radius 3 is 2.47 bits per heavy atom. The second-order valence-electron chi connectivity index (χ2n) is 4.05. The van der Waals surface area contributed by atoms with E-state index in [1.54, 1.807) is 6.92 Å². The molecular weight excluding hydrogens is 264 g/mol. The second kappa shape index (κ2) is 6.01. The average Bonchev–Trinajstić information content (AvgIpc) is 2.26. The topological polar surface area (TPSA) is 55.1 Å². The van der Waals surface area contributed by atoms with E-state index in [-0.39, 0.29) is 12.0 Å². The Bertz CT molecular complexity index is 460. The third-order valence-electron chi connectivity index (χ3n) is 2.51. The van der Waals surface area contributed by atoms with Crippen LogP contribution in [0.25, 0.3) is 0 Å². The fourth-order valence-electron chi connectivity index (χ4n) is 1.73. The van der Waals surface area contributed by atoms with Crippen molar-refractivity contribution in [1.29, 1.82) is 0 Å². The summed E-state index contributed by atoms with van der Waals surface area (Å²) in [7, 11) is 0. The molecule has 0 heterocycles. The summed E-state index contributed by atoms with van der Waals surface area (Å²) in [5.74, 6) is -1.68. The van der Waals surface area contributed by atoms with E-state index >= 15 is 0 Å². The normalized spacial score (nSPS) is 13.3. The molecule has 1 atom stereocenters. The predicted octanol–water partition coefficient (Wildman–Crippen LogP) is 2.37. The molecule has 19 heavy (non-hydrogen) atoms. The van der Waals surface area contributed by atoms with Crippen molar-refractivity contribution in [2.24, 2.45) is 5.73 Å². The van der Waals surface area contributed by atoms with Gasteiger partial charge in [0.25, 0.3) is 0 Å². The standard InChI is InChI=1S/C12H14F4N2O/c1-2-18-10(6-11(17)19)7-3-8(12(14,15)16)5-9(13)4-7/h3-5,10,18H,2,6H2,1H3,(H2,17,19). The zero-order valence-corrected chi connectivity index (χ0v) is 10.2. The van der Waals surface area contributed by atoms with Crippen LogP contribution in [-0.2, 0) is 11.0 Å². The van der Waals surface area contributed by atoms with Crippen LogP contribution in [0.15, 0.2) is 18.2 Å². The van der Waals surface area contributed by atoms with Crippen molar-refractivity contribution >= 4 is 5.91 Å². The first-order chi connectivity index (χ1) is 8.74. The van der Waals surface area contributed by atoms with E-state index in [9.17, 15) is 22.4 Å². The number of primary amides is 1. The van der Waals surface area contributed by atoms with E-state index in [2.05, 4.69) is 5.32 Å². The minimum absolute atomic E-state index is 0.0491. The molecule has 0 aliphatic heterocycles. The van der Waals surface area contributed by atoms with Crippen LogP contribution in [0.4, 0.5) is 17.6 Å². The molecular formula is C12H14F4N2O. The highest BCUT2D eigenvalue weighted by atomic mass is 19.4. The third-order valence-corrected chi connectivity index (χ3v) is 2.51. The molecule has 0 saturated carbocycles. The van der Waals surface area contributed by atoms with Crippen LogP contribution in [0.1, 0.15) is 30.5 Å². The molecule has 7 heteroatoms. The monoisotopic (exact) mass is 278 g/mol. The number of carbonyl (C=O) groups excluding carboxylic acids is 1. The van der Waals surface area contributed by atoms with Crippen molar-refractivity contribution in [1.82, 2.24) is 5.32 Å². The number of nitrogens with two attached hydrogens (primary N) is 1. The van der Waals surface area contributed by atoms with Gasteiger partial charge in [-0.05, 0) is 30.3 Å². The summed E-state index contributed by atoms with van der Waals surface area (Å²) < 4.78 is 51.0. The minimum Gasteiger partial charge on any atom is -0.370 e. The molecule has 106 valence electrons. The number of hydrogen-bond donors (Lipinski definition) is 2. The van der Waals surface area contributed by atoms with Gasteiger partial charge in [-0.1, -0.05) is 6.92 Å². The number of benzene rings is 1. The van der Waals surface area contributed by atoms with Crippen LogP contribution in [-0.4, -0.2) is 12.5 Å². The quantitative estimate of drug-likeness (QED) is 0.812. The first kappa shape index (κ1) is 15.4. The van der Waals surface area contributed by atoms with Crippen molar-refractivity contribution in [3.05, 3.63) is 35.1 Å². The number of nitrogens with one attached hydrogen (secondary N) is 1. The first-order valence-corrected chi connectivity index (χ1v) is 5.63. The molecule has 0 radical (unpaired) electrons. The highest BCUT2D eigenvalue weighted by molar-refractivity contribution is 5.74. The maximum Gasteiger partial charge on any atom is 0.416 e. The molecule has 0 aromatic heterocycles. The smallest absolute Gasteiger partial charge is 0.370 e. The maximum absolute atomic E-state index is 13.3. The first-order valence-electron chi connectivity index (χ1n) is 5.63. The van der Waals surface area contributed by atoms with E-state index in [1.165, 1.54) is 0 Å². The van der Waals surface area contributed by atoms with E-state index < -0.39 is 29.5 Å². The number of rotatable bonds is 5.